The minimum Gasteiger partial charge on any atom is -0.493 e. The Hall–Kier alpha value is -1.82. The fraction of sp³-hybridized carbons (Fsp3) is 0.538. The highest BCUT2D eigenvalue weighted by atomic mass is 16.6. The third kappa shape index (κ3) is 5.13. The summed E-state index contributed by atoms with van der Waals surface area (Å²) in [5.74, 6) is 0.503. The van der Waals surface area contributed by atoms with Gasteiger partial charge in [0, 0.05) is 30.4 Å². The van der Waals surface area contributed by atoms with Crippen LogP contribution < -0.4 is 15.8 Å². The first-order valence-electron chi connectivity index (χ1n) is 6.48. The van der Waals surface area contributed by atoms with Crippen molar-refractivity contribution < 1.29 is 9.66 Å². The van der Waals surface area contributed by atoms with Crippen molar-refractivity contribution in [3.05, 3.63) is 28.3 Å². The lowest BCUT2D eigenvalue weighted by molar-refractivity contribution is -0.384. The minimum atomic E-state index is -0.427. The molecule has 0 heterocycles. The summed E-state index contributed by atoms with van der Waals surface area (Å²) in [5, 5.41) is 14.0. The van der Waals surface area contributed by atoms with Crippen molar-refractivity contribution in [2.45, 2.75) is 32.7 Å². The quantitative estimate of drug-likeness (QED) is 0.558. The van der Waals surface area contributed by atoms with Crippen LogP contribution in [-0.4, -0.2) is 24.1 Å². The maximum Gasteiger partial charge on any atom is 0.275 e. The van der Waals surface area contributed by atoms with Crippen molar-refractivity contribution in [1.29, 1.82) is 0 Å². The van der Waals surface area contributed by atoms with Crippen LogP contribution in [0.4, 0.5) is 11.4 Å². The van der Waals surface area contributed by atoms with Crippen LogP contribution in [0.15, 0.2) is 18.2 Å². The topological polar surface area (TPSA) is 90.4 Å². The van der Waals surface area contributed by atoms with Gasteiger partial charge in [0.05, 0.1) is 17.6 Å². The predicted octanol–water partition coefficient (Wildman–Crippen LogP) is 2.53. The molecule has 0 radical (unpaired) electrons. The average Bonchev–Trinajstić information content (AvgIpc) is 2.42. The molecule has 0 amide bonds. The summed E-state index contributed by atoms with van der Waals surface area (Å²) in [6.45, 7) is 5.09. The fourth-order valence-corrected chi connectivity index (χ4v) is 1.49. The Morgan fingerprint density at radius 1 is 1.42 bits per heavy atom. The van der Waals surface area contributed by atoms with Gasteiger partial charge in [0.2, 0.25) is 0 Å². The highest BCUT2D eigenvalue weighted by Crippen LogP contribution is 2.26. The molecule has 0 aliphatic heterocycles. The van der Waals surface area contributed by atoms with Gasteiger partial charge in [0.25, 0.3) is 5.69 Å². The molecular weight excluding hydrogens is 246 g/mol. The Morgan fingerprint density at radius 2 is 2.16 bits per heavy atom. The van der Waals surface area contributed by atoms with Crippen molar-refractivity contribution in [3.63, 3.8) is 0 Å². The number of rotatable bonds is 8. The van der Waals surface area contributed by atoms with Crippen LogP contribution >= 0.6 is 0 Å². The van der Waals surface area contributed by atoms with E-state index in [1.807, 2.05) is 13.8 Å². The molecular formula is C13H21N3O3. The Bertz CT molecular complexity index is 424. The first-order chi connectivity index (χ1) is 9.06. The number of nitrogens with zero attached hydrogens (tertiary/aromatic N) is 1. The van der Waals surface area contributed by atoms with E-state index >= 15 is 0 Å². The minimum absolute atomic E-state index is 0.0150. The average molecular weight is 267 g/mol. The monoisotopic (exact) mass is 267 g/mol. The summed E-state index contributed by atoms with van der Waals surface area (Å²) in [7, 11) is 0. The molecule has 0 fully saturated rings. The largest absolute Gasteiger partial charge is 0.493 e. The molecule has 1 aromatic carbocycles. The lowest BCUT2D eigenvalue weighted by Gasteiger charge is -2.13. The van der Waals surface area contributed by atoms with E-state index < -0.39 is 4.92 Å². The molecule has 6 nitrogen and oxygen atoms in total. The van der Waals surface area contributed by atoms with Crippen LogP contribution in [-0.2, 0) is 0 Å². The lowest BCUT2D eigenvalue weighted by atomic mass is 10.2. The maximum atomic E-state index is 10.9. The van der Waals surface area contributed by atoms with E-state index in [9.17, 15) is 10.1 Å². The first-order valence-corrected chi connectivity index (χ1v) is 6.48. The molecule has 1 atom stereocenters. The van der Waals surface area contributed by atoms with E-state index in [0.717, 1.165) is 12.8 Å². The lowest BCUT2D eigenvalue weighted by Crippen LogP contribution is -2.28. The number of nitro groups is 1. The van der Waals surface area contributed by atoms with E-state index in [1.54, 1.807) is 6.07 Å². The molecule has 1 aromatic rings. The SMILES string of the molecule is CCCOc1cc(NCC(N)CC)cc([N+](=O)[O-])c1. The summed E-state index contributed by atoms with van der Waals surface area (Å²) >= 11 is 0. The number of hydrogen-bond donors (Lipinski definition) is 2. The third-order valence-corrected chi connectivity index (χ3v) is 2.67. The summed E-state index contributed by atoms with van der Waals surface area (Å²) in [6.07, 6.45) is 1.70. The van der Waals surface area contributed by atoms with Gasteiger partial charge in [-0.2, -0.15) is 0 Å². The molecule has 0 spiro atoms. The molecule has 6 heteroatoms. The molecule has 19 heavy (non-hydrogen) atoms. The number of non-ortho nitro benzene ring substituents is 1. The Kier molecular flexibility index (Phi) is 6.08. The van der Waals surface area contributed by atoms with Crippen LogP contribution in [0.5, 0.6) is 5.75 Å². The van der Waals surface area contributed by atoms with Crippen molar-refractivity contribution >= 4 is 11.4 Å². The Morgan fingerprint density at radius 3 is 2.74 bits per heavy atom. The second-order valence-electron chi connectivity index (χ2n) is 4.37. The van der Waals surface area contributed by atoms with Gasteiger partial charge in [-0.1, -0.05) is 13.8 Å². The third-order valence-electron chi connectivity index (χ3n) is 2.67. The van der Waals surface area contributed by atoms with Gasteiger partial charge in [0.1, 0.15) is 5.75 Å². The standard InChI is InChI=1S/C13H21N3O3/c1-3-5-19-13-7-11(15-9-10(14)4-2)6-12(8-13)16(17)18/h6-8,10,15H,3-5,9,14H2,1-2H3. The van der Waals surface area contributed by atoms with Crippen molar-refractivity contribution in [2.24, 2.45) is 5.73 Å². The smallest absolute Gasteiger partial charge is 0.275 e. The van der Waals surface area contributed by atoms with Gasteiger partial charge in [0.15, 0.2) is 0 Å². The highest BCUT2D eigenvalue weighted by Gasteiger charge is 2.11. The molecule has 0 bridgehead atoms. The van der Waals surface area contributed by atoms with Gasteiger partial charge < -0.3 is 15.8 Å². The molecule has 106 valence electrons. The fourth-order valence-electron chi connectivity index (χ4n) is 1.49. The number of nitrogens with one attached hydrogen (secondary N) is 1. The Labute approximate surface area is 113 Å². The second-order valence-corrected chi connectivity index (χ2v) is 4.37. The zero-order valence-electron chi connectivity index (χ0n) is 11.4. The van der Waals surface area contributed by atoms with Crippen molar-refractivity contribution in [2.75, 3.05) is 18.5 Å². The number of anilines is 1. The molecule has 0 aliphatic rings. The molecule has 0 saturated heterocycles. The summed E-state index contributed by atoms with van der Waals surface area (Å²) < 4.78 is 5.44. The molecule has 1 rings (SSSR count). The van der Waals surface area contributed by atoms with E-state index in [0.29, 0.717) is 24.6 Å². The van der Waals surface area contributed by atoms with Gasteiger partial charge in [-0.25, -0.2) is 0 Å². The Balaban J connectivity index is 2.83. The second kappa shape index (κ2) is 7.58. The number of nitrogens with two attached hydrogens (primary N) is 1. The van der Waals surface area contributed by atoms with Crippen LogP contribution in [0.2, 0.25) is 0 Å². The van der Waals surface area contributed by atoms with Gasteiger partial charge >= 0.3 is 0 Å². The van der Waals surface area contributed by atoms with Crippen LogP contribution in [0.25, 0.3) is 0 Å². The number of ether oxygens (including phenoxy) is 1. The molecule has 0 aromatic heterocycles. The van der Waals surface area contributed by atoms with E-state index in [2.05, 4.69) is 5.32 Å². The van der Waals surface area contributed by atoms with Crippen molar-refractivity contribution in [3.8, 4) is 5.75 Å². The van der Waals surface area contributed by atoms with Crippen LogP contribution in [0.3, 0.4) is 0 Å². The zero-order valence-corrected chi connectivity index (χ0v) is 11.4. The summed E-state index contributed by atoms with van der Waals surface area (Å²) in [6, 6.07) is 4.70. The summed E-state index contributed by atoms with van der Waals surface area (Å²) in [4.78, 5) is 10.4. The zero-order chi connectivity index (χ0) is 14.3. The van der Waals surface area contributed by atoms with Crippen molar-refractivity contribution in [1.82, 2.24) is 0 Å². The summed E-state index contributed by atoms with van der Waals surface area (Å²) in [5.41, 5.74) is 6.48. The van der Waals surface area contributed by atoms with Gasteiger partial charge in [-0.05, 0) is 12.8 Å². The number of benzene rings is 1. The van der Waals surface area contributed by atoms with Gasteiger partial charge in [-0.3, -0.25) is 10.1 Å². The maximum absolute atomic E-state index is 10.9. The molecule has 0 aliphatic carbocycles. The van der Waals surface area contributed by atoms with E-state index in [4.69, 9.17) is 10.5 Å². The molecule has 3 N–H and O–H groups in total. The molecule has 1 unspecified atom stereocenters. The van der Waals surface area contributed by atoms with E-state index in [-0.39, 0.29) is 11.7 Å². The number of nitro benzene ring substituents is 1. The van der Waals surface area contributed by atoms with Gasteiger partial charge in [-0.15, -0.1) is 0 Å². The van der Waals surface area contributed by atoms with Crippen LogP contribution in [0.1, 0.15) is 26.7 Å². The normalized spacial score (nSPS) is 11.9. The number of hydrogen-bond acceptors (Lipinski definition) is 5. The molecule has 0 saturated carbocycles. The van der Waals surface area contributed by atoms with Crippen LogP contribution in [0, 0.1) is 10.1 Å². The predicted molar refractivity (Wildman–Crippen MR) is 75.6 cm³/mol. The first kappa shape index (κ1) is 15.2. The highest BCUT2D eigenvalue weighted by molar-refractivity contribution is 5.56. The van der Waals surface area contributed by atoms with E-state index in [1.165, 1.54) is 12.1 Å².